The Morgan fingerprint density at radius 2 is 2.20 bits per heavy atom. The number of ether oxygens (including phenoxy) is 1. The van der Waals surface area contributed by atoms with Gasteiger partial charge >= 0.3 is 0 Å². The van der Waals surface area contributed by atoms with E-state index in [9.17, 15) is 4.48 Å². The average molecular weight is 298 g/mol. The molecule has 20 heavy (non-hydrogen) atoms. The third-order valence-corrected chi connectivity index (χ3v) is 4.55. The van der Waals surface area contributed by atoms with Crippen LogP contribution in [0.4, 0.5) is 10.2 Å². The fourth-order valence-electron chi connectivity index (χ4n) is 3.15. The molecule has 6 heteroatoms. The molecule has 2 aliphatic rings. The van der Waals surface area contributed by atoms with E-state index in [1.807, 2.05) is 0 Å². The van der Waals surface area contributed by atoms with Crippen LogP contribution in [0.2, 0.25) is 5.02 Å². The van der Waals surface area contributed by atoms with Gasteiger partial charge in [0.25, 0.3) is 0 Å². The lowest BCUT2D eigenvalue weighted by atomic mass is 9.62. The first-order chi connectivity index (χ1) is 9.57. The smallest absolute Gasteiger partial charge is 0.140 e. The molecule has 2 N–H and O–H groups in total. The highest BCUT2D eigenvalue weighted by molar-refractivity contribution is 6.35. The van der Waals surface area contributed by atoms with Crippen LogP contribution in [0.15, 0.2) is 12.1 Å². The van der Waals surface area contributed by atoms with Crippen molar-refractivity contribution in [1.29, 1.82) is 5.41 Å². The summed E-state index contributed by atoms with van der Waals surface area (Å²) in [5.74, 6) is 0.623. The normalized spacial score (nSPS) is 21.1. The minimum atomic E-state index is 0.108. The Morgan fingerprint density at radius 1 is 1.50 bits per heavy atom. The molecule has 0 radical (unpaired) electrons. The molecule has 0 atom stereocenters. The number of halogens is 2. The average Bonchev–Trinajstić information content (AvgIpc) is 2.36. The second-order valence-corrected chi connectivity index (χ2v) is 6.04. The number of anilines is 1. The molecule has 2 fully saturated rings. The van der Waals surface area contributed by atoms with Crippen molar-refractivity contribution in [1.82, 2.24) is 5.12 Å². The van der Waals surface area contributed by atoms with Crippen molar-refractivity contribution in [2.75, 3.05) is 25.5 Å². The van der Waals surface area contributed by atoms with Gasteiger partial charge in [-0.3, -0.25) is 0 Å². The third kappa shape index (κ3) is 2.15. The summed E-state index contributed by atoms with van der Waals surface area (Å²) in [6.45, 7) is 1.05. The fraction of sp³-hybridized carbons (Fsp3) is 0.500. The van der Waals surface area contributed by atoms with Crippen molar-refractivity contribution in [3.8, 4) is 5.75 Å². The van der Waals surface area contributed by atoms with Crippen LogP contribution in [0.5, 0.6) is 5.75 Å². The maximum absolute atomic E-state index is 12.8. The first kappa shape index (κ1) is 13.6. The molecule has 1 aromatic rings. The van der Waals surface area contributed by atoms with Crippen molar-refractivity contribution in [2.24, 2.45) is 5.41 Å². The molecule has 0 bridgehead atoms. The van der Waals surface area contributed by atoms with E-state index in [0.717, 1.165) is 23.5 Å². The van der Waals surface area contributed by atoms with Crippen LogP contribution in [-0.4, -0.2) is 37.6 Å². The van der Waals surface area contributed by atoms with E-state index in [1.165, 1.54) is 6.21 Å². The Kier molecular flexibility index (Phi) is 3.34. The molecular weight excluding hydrogens is 281 g/mol. The molecule has 108 valence electrons. The fourth-order valence-corrected chi connectivity index (χ4v) is 3.46. The Hall–Kier alpha value is -1.33. The van der Waals surface area contributed by atoms with Gasteiger partial charge in [-0.25, -0.2) is 0 Å². The van der Waals surface area contributed by atoms with E-state index in [0.29, 0.717) is 29.5 Å². The predicted molar refractivity (Wildman–Crippen MR) is 77.6 cm³/mol. The molecule has 1 spiro atoms. The quantitative estimate of drug-likeness (QED) is 0.663. The highest BCUT2D eigenvalue weighted by atomic mass is 35.5. The monoisotopic (exact) mass is 297 g/mol. The summed E-state index contributed by atoms with van der Waals surface area (Å²) < 4.78 is 18.7. The lowest BCUT2D eigenvalue weighted by Crippen LogP contribution is -2.62. The summed E-state index contributed by atoms with van der Waals surface area (Å²) in [6, 6.07) is 3.60. The predicted octanol–water partition coefficient (Wildman–Crippen LogP) is 3.11. The van der Waals surface area contributed by atoms with Crippen LogP contribution in [0, 0.1) is 10.8 Å². The van der Waals surface area contributed by atoms with Crippen LogP contribution in [0.1, 0.15) is 18.4 Å². The van der Waals surface area contributed by atoms with Gasteiger partial charge < -0.3 is 15.5 Å². The van der Waals surface area contributed by atoms with E-state index in [-0.39, 0.29) is 11.5 Å². The van der Waals surface area contributed by atoms with E-state index in [2.05, 4.69) is 5.32 Å². The van der Waals surface area contributed by atoms with Crippen LogP contribution in [0.25, 0.3) is 0 Å². The van der Waals surface area contributed by atoms with Gasteiger partial charge in [0.1, 0.15) is 16.9 Å². The zero-order chi connectivity index (χ0) is 14.3. The maximum Gasteiger partial charge on any atom is 0.140 e. The van der Waals surface area contributed by atoms with Gasteiger partial charge in [0.2, 0.25) is 0 Å². The van der Waals surface area contributed by atoms with Crippen molar-refractivity contribution < 1.29 is 9.22 Å². The zero-order valence-corrected chi connectivity index (χ0v) is 12.0. The first-order valence-electron chi connectivity index (χ1n) is 6.65. The van der Waals surface area contributed by atoms with Gasteiger partial charge in [0.05, 0.1) is 5.69 Å². The van der Waals surface area contributed by atoms with Gasteiger partial charge in [0, 0.05) is 37.3 Å². The van der Waals surface area contributed by atoms with E-state index in [4.69, 9.17) is 21.7 Å². The van der Waals surface area contributed by atoms with Crippen molar-refractivity contribution in [3.05, 3.63) is 22.7 Å². The van der Waals surface area contributed by atoms with Crippen molar-refractivity contribution in [2.45, 2.75) is 18.9 Å². The number of benzene rings is 1. The number of rotatable bonds is 4. The summed E-state index contributed by atoms with van der Waals surface area (Å²) >= 11 is 6.30. The summed E-state index contributed by atoms with van der Waals surface area (Å²) in [5.41, 5.74) is 1.56. The summed E-state index contributed by atoms with van der Waals surface area (Å²) in [4.78, 5) is 0. The standard InChI is InChI=1S/C14H17ClFN3O/c1-18-13-9(6-17)2-3-11(12(13)15)20-10-4-14(5-10)7-19(16)8-14/h2-3,6,10,17-18H,4-5,7-8H2,1H3. The minimum Gasteiger partial charge on any atom is -0.489 e. The second kappa shape index (κ2) is 4.90. The van der Waals surface area contributed by atoms with Crippen LogP contribution < -0.4 is 10.1 Å². The van der Waals surface area contributed by atoms with Crippen LogP contribution >= 0.6 is 11.6 Å². The molecule has 1 aromatic carbocycles. The Bertz CT molecular complexity index is 537. The molecular formula is C14H17ClFN3O. The van der Waals surface area contributed by atoms with Gasteiger partial charge in [-0.15, -0.1) is 9.60 Å². The summed E-state index contributed by atoms with van der Waals surface area (Å²) in [7, 11) is 1.76. The minimum absolute atomic E-state index is 0.108. The number of nitrogens with zero attached hydrogens (tertiary/aromatic N) is 1. The van der Waals surface area contributed by atoms with Crippen LogP contribution in [0.3, 0.4) is 0 Å². The summed E-state index contributed by atoms with van der Waals surface area (Å²) in [5, 5.41) is 11.7. The first-order valence-corrected chi connectivity index (χ1v) is 7.03. The Labute approximate surface area is 122 Å². The van der Waals surface area contributed by atoms with Gasteiger partial charge in [-0.1, -0.05) is 11.6 Å². The van der Waals surface area contributed by atoms with E-state index < -0.39 is 0 Å². The molecule has 4 nitrogen and oxygen atoms in total. The third-order valence-electron chi connectivity index (χ3n) is 4.17. The lowest BCUT2D eigenvalue weighted by molar-refractivity contribution is -0.194. The largest absolute Gasteiger partial charge is 0.489 e. The van der Waals surface area contributed by atoms with Gasteiger partial charge in [-0.05, 0) is 25.0 Å². The van der Waals surface area contributed by atoms with E-state index in [1.54, 1.807) is 19.2 Å². The second-order valence-electron chi connectivity index (χ2n) is 5.66. The molecule has 3 rings (SSSR count). The molecule has 1 aliphatic carbocycles. The van der Waals surface area contributed by atoms with Crippen molar-refractivity contribution in [3.63, 3.8) is 0 Å². The van der Waals surface area contributed by atoms with Gasteiger partial charge in [-0.2, -0.15) is 0 Å². The Morgan fingerprint density at radius 3 is 2.75 bits per heavy atom. The van der Waals surface area contributed by atoms with E-state index >= 15 is 0 Å². The number of nitrogens with one attached hydrogen (secondary N) is 2. The number of hydrogen-bond acceptors (Lipinski definition) is 4. The Balaban J connectivity index is 1.68. The van der Waals surface area contributed by atoms with Crippen LogP contribution in [-0.2, 0) is 0 Å². The lowest BCUT2D eigenvalue weighted by Gasteiger charge is -2.55. The highest BCUT2D eigenvalue weighted by Crippen LogP contribution is 2.50. The molecule has 1 aliphatic heterocycles. The number of hydrogen-bond donors (Lipinski definition) is 2. The van der Waals surface area contributed by atoms with Crippen molar-refractivity contribution >= 4 is 23.5 Å². The highest BCUT2D eigenvalue weighted by Gasteiger charge is 2.54. The molecule has 1 heterocycles. The van der Waals surface area contributed by atoms with Gasteiger partial charge in [0.15, 0.2) is 0 Å². The molecule has 0 aromatic heterocycles. The summed E-state index contributed by atoms with van der Waals surface area (Å²) in [6.07, 6.45) is 3.12. The SMILES string of the molecule is CNc1c(C=N)ccc(OC2CC3(C2)CN(F)C3)c1Cl. The molecule has 1 saturated heterocycles. The topological polar surface area (TPSA) is 48.4 Å². The molecule has 1 saturated carbocycles. The molecule has 0 unspecified atom stereocenters. The zero-order valence-electron chi connectivity index (χ0n) is 11.2. The maximum atomic E-state index is 12.8. The molecule has 0 amide bonds.